The molecule has 8 aromatic rings. The number of benzene rings is 6. The number of para-hydroxylation sites is 3. The van der Waals surface area contributed by atoms with Gasteiger partial charge in [-0.25, -0.2) is 0 Å². The Morgan fingerprint density at radius 1 is 0.488 bits per heavy atom. The summed E-state index contributed by atoms with van der Waals surface area (Å²) in [5.41, 5.74) is 9.33. The molecule has 0 atom stereocenters. The molecule has 0 unspecified atom stereocenters. The highest BCUT2D eigenvalue weighted by atomic mass is 16.7. The molecular formula is C39H27NO3. The molecule has 2 aromatic heterocycles. The van der Waals surface area contributed by atoms with Crippen LogP contribution >= 0.6 is 0 Å². The van der Waals surface area contributed by atoms with Crippen LogP contribution in [0.5, 0.6) is 11.5 Å². The second-order valence-corrected chi connectivity index (χ2v) is 11.7. The predicted molar refractivity (Wildman–Crippen MR) is 174 cm³/mol. The number of hydrogen-bond acceptors (Lipinski definition) is 3. The first-order chi connectivity index (χ1) is 21.0. The maximum atomic E-state index is 6.46. The second-order valence-electron chi connectivity index (χ2n) is 11.7. The molecule has 0 radical (unpaired) electrons. The molecular weight excluding hydrogens is 530 g/mol. The number of fused-ring (bicyclic) bond motifs is 9. The van der Waals surface area contributed by atoms with Crippen molar-refractivity contribution in [2.45, 2.75) is 19.6 Å². The van der Waals surface area contributed by atoms with Gasteiger partial charge in [0.15, 0.2) is 0 Å². The third-order valence-electron chi connectivity index (χ3n) is 8.49. The van der Waals surface area contributed by atoms with Gasteiger partial charge in [0.05, 0.1) is 11.0 Å². The van der Waals surface area contributed by atoms with E-state index >= 15 is 0 Å². The lowest BCUT2D eigenvalue weighted by Gasteiger charge is -2.25. The van der Waals surface area contributed by atoms with Crippen molar-refractivity contribution >= 4 is 43.7 Å². The van der Waals surface area contributed by atoms with E-state index in [1.165, 1.54) is 21.8 Å². The van der Waals surface area contributed by atoms with Crippen molar-refractivity contribution < 1.29 is 13.9 Å². The second kappa shape index (κ2) is 8.76. The lowest BCUT2D eigenvalue weighted by atomic mass is 9.96. The van der Waals surface area contributed by atoms with Crippen LogP contribution in [0, 0.1) is 0 Å². The van der Waals surface area contributed by atoms with Gasteiger partial charge in [-0.05, 0) is 71.8 Å². The van der Waals surface area contributed by atoms with Gasteiger partial charge in [-0.2, -0.15) is 0 Å². The van der Waals surface area contributed by atoms with Gasteiger partial charge < -0.3 is 18.5 Å². The van der Waals surface area contributed by atoms with Crippen LogP contribution in [0.2, 0.25) is 0 Å². The summed E-state index contributed by atoms with van der Waals surface area (Å²) in [6, 6.07) is 44.6. The average Bonchev–Trinajstić information content (AvgIpc) is 3.53. The van der Waals surface area contributed by atoms with Crippen LogP contribution < -0.4 is 9.47 Å². The summed E-state index contributed by atoms with van der Waals surface area (Å²) in [7, 11) is 0. The molecule has 206 valence electrons. The molecule has 0 saturated heterocycles. The Hall–Kier alpha value is -5.48. The third kappa shape index (κ3) is 3.70. The Labute approximate surface area is 248 Å². The highest BCUT2D eigenvalue weighted by Gasteiger charge is 2.30. The summed E-state index contributed by atoms with van der Waals surface area (Å²) in [4.78, 5) is 0. The minimum atomic E-state index is -0.830. The number of hydrogen-bond donors (Lipinski definition) is 0. The van der Waals surface area contributed by atoms with Crippen LogP contribution in [-0.2, 0) is 0 Å². The molecule has 3 heterocycles. The largest absolute Gasteiger partial charge is 0.456 e. The van der Waals surface area contributed by atoms with Gasteiger partial charge in [-0.15, -0.1) is 0 Å². The molecule has 9 rings (SSSR count). The van der Waals surface area contributed by atoms with Crippen molar-refractivity contribution in [2.24, 2.45) is 0 Å². The van der Waals surface area contributed by atoms with Gasteiger partial charge in [-0.3, -0.25) is 0 Å². The summed E-state index contributed by atoms with van der Waals surface area (Å²) in [5, 5.41) is 4.72. The zero-order valence-corrected chi connectivity index (χ0v) is 23.8. The summed E-state index contributed by atoms with van der Waals surface area (Å²) in [6.07, 6.45) is 0. The van der Waals surface area contributed by atoms with Gasteiger partial charge in [0, 0.05) is 52.2 Å². The SMILES string of the molecule is CC1(C)Oc2ccc(-c3ccc4c(c3)oc3ccccc34)cc2-c2cc(-n3c4ccccc4c4ccccc43)ccc2O1. The van der Waals surface area contributed by atoms with E-state index in [0.717, 1.165) is 61.4 Å². The first-order valence-corrected chi connectivity index (χ1v) is 14.6. The van der Waals surface area contributed by atoms with E-state index in [4.69, 9.17) is 13.9 Å². The van der Waals surface area contributed by atoms with Crippen molar-refractivity contribution in [3.8, 4) is 39.4 Å². The molecule has 4 nitrogen and oxygen atoms in total. The van der Waals surface area contributed by atoms with Crippen molar-refractivity contribution in [1.82, 2.24) is 4.57 Å². The smallest absolute Gasteiger partial charge is 0.245 e. The molecule has 0 aliphatic carbocycles. The predicted octanol–water partition coefficient (Wildman–Crippen LogP) is 10.5. The molecule has 43 heavy (non-hydrogen) atoms. The maximum Gasteiger partial charge on any atom is 0.245 e. The van der Waals surface area contributed by atoms with E-state index in [2.05, 4.69) is 114 Å². The Morgan fingerprint density at radius 3 is 1.79 bits per heavy atom. The summed E-state index contributed by atoms with van der Waals surface area (Å²) >= 11 is 0. The zero-order valence-electron chi connectivity index (χ0n) is 23.8. The minimum absolute atomic E-state index is 0.789. The van der Waals surface area contributed by atoms with Crippen LogP contribution in [0.4, 0.5) is 0 Å². The summed E-state index contributed by atoms with van der Waals surface area (Å²) in [5.74, 6) is 0.748. The summed E-state index contributed by atoms with van der Waals surface area (Å²) < 4.78 is 21.5. The third-order valence-corrected chi connectivity index (χ3v) is 8.49. The van der Waals surface area contributed by atoms with Crippen molar-refractivity contribution in [1.29, 1.82) is 0 Å². The topological polar surface area (TPSA) is 36.5 Å². The van der Waals surface area contributed by atoms with E-state index in [1.807, 2.05) is 32.0 Å². The minimum Gasteiger partial charge on any atom is -0.456 e. The highest BCUT2D eigenvalue weighted by molar-refractivity contribution is 6.09. The quantitative estimate of drug-likeness (QED) is 0.212. The normalized spacial score (nSPS) is 13.9. The Kier molecular flexibility index (Phi) is 4.92. The Balaban J connectivity index is 1.25. The fourth-order valence-corrected chi connectivity index (χ4v) is 6.62. The number of nitrogens with zero attached hydrogens (tertiary/aromatic N) is 1. The van der Waals surface area contributed by atoms with E-state index in [1.54, 1.807) is 0 Å². The lowest BCUT2D eigenvalue weighted by molar-refractivity contribution is -0.0778. The first kappa shape index (κ1) is 24.2. The lowest BCUT2D eigenvalue weighted by Crippen LogP contribution is -2.34. The van der Waals surface area contributed by atoms with Gasteiger partial charge in [0.25, 0.3) is 0 Å². The van der Waals surface area contributed by atoms with Crippen LogP contribution in [0.15, 0.2) is 132 Å². The van der Waals surface area contributed by atoms with E-state index < -0.39 is 5.79 Å². The van der Waals surface area contributed by atoms with E-state index in [-0.39, 0.29) is 0 Å². The molecule has 0 fully saturated rings. The Morgan fingerprint density at radius 2 is 1.05 bits per heavy atom. The zero-order chi connectivity index (χ0) is 28.7. The molecule has 0 spiro atoms. The first-order valence-electron chi connectivity index (χ1n) is 14.6. The van der Waals surface area contributed by atoms with E-state index in [9.17, 15) is 0 Å². The standard InChI is InChI=1S/C39H27NO3/c1-39(2)42-36-19-16-24(25-15-18-30-29-11-5-8-14-35(29)41-38(30)22-25)21-31(36)32-23-26(17-20-37(32)43-39)40-33-12-6-3-9-27(33)28-10-4-7-13-34(28)40/h3-23H,1-2H3. The van der Waals surface area contributed by atoms with Crippen LogP contribution in [0.1, 0.15) is 13.8 Å². The van der Waals surface area contributed by atoms with Gasteiger partial charge in [0.2, 0.25) is 5.79 Å². The van der Waals surface area contributed by atoms with Gasteiger partial charge in [-0.1, -0.05) is 66.7 Å². The highest BCUT2D eigenvalue weighted by Crippen LogP contribution is 2.46. The number of aromatic nitrogens is 1. The van der Waals surface area contributed by atoms with Crippen molar-refractivity contribution in [2.75, 3.05) is 0 Å². The fourth-order valence-electron chi connectivity index (χ4n) is 6.62. The molecule has 0 N–H and O–H groups in total. The molecule has 6 aromatic carbocycles. The van der Waals surface area contributed by atoms with Crippen molar-refractivity contribution in [3.05, 3.63) is 127 Å². The molecule has 1 aliphatic rings. The number of rotatable bonds is 2. The molecule has 4 heteroatoms. The van der Waals surface area contributed by atoms with Crippen LogP contribution in [0.25, 0.3) is 71.7 Å². The van der Waals surface area contributed by atoms with Crippen molar-refractivity contribution in [3.63, 3.8) is 0 Å². The molecule has 1 aliphatic heterocycles. The monoisotopic (exact) mass is 557 g/mol. The van der Waals surface area contributed by atoms with Gasteiger partial charge >= 0.3 is 0 Å². The molecule has 0 saturated carbocycles. The molecule has 0 amide bonds. The maximum absolute atomic E-state index is 6.46. The summed E-state index contributed by atoms with van der Waals surface area (Å²) in [6.45, 7) is 3.91. The Bertz CT molecular complexity index is 2340. The molecule has 0 bridgehead atoms. The van der Waals surface area contributed by atoms with E-state index in [0.29, 0.717) is 0 Å². The van der Waals surface area contributed by atoms with Gasteiger partial charge in [0.1, 0.15) is 22.7 Å². The fraction of sp³-hybridized carbons (Fsp3) is 0.0769. The average molecular weight is 558 g/mol. The van der Waals surface area contributed by atoms with Crippen LogP contribution in [-0.4, -0.2) is 10.4 Å². The number of ether oxygens (including phenoxy) is 2. The van der Waals surface area contributed by atoms with Crippen LogP contribution in [0.3, 0.4) is 0 Å². The number of furan rings is 1.